The normalized spacial score (nSPS) is 15.4. The largest absolute Gasteiger partial charge is 0.274 e. The third-order valence-electron chi connectivity index (χ3n) is 0.978. The molecule has 0 aromatic carbocycles. The van der Waals surface area contributed by atoms with Gasteiger partial charge in [-0.1, -0.05) is 6.92 Å². The van der Waals surface area contributed by atoms with Crippen LogP contribution in [0, 0.1) is 0 Å². The lowest BCUT2D eigenvalue weighted by Gasteiger charge is -2.06. The summed E-state index contributed by atoms with van der Waals surface area (Å²) in [5.74, 6) is 0. The molecule has 0 radical (unpaired) electrons. The lowest BCUT2D eigenvalue weighted by Crippen LogP contribution is -2.37. The maximum atomic E-state index is 10.3. The fourth-order valence-corrected chi connectivity index (χ4v) is 1.09. The van der Waals surface area contributed by atoms with Gasteiger partial charge in [0.25, 0.3) is 10.2 Å². The van der Waals surface area contributed by atoms with Crippen molar-refractivity contribution in [1.82, 2.24) is 4.72 Å². The van der Waals surface area contributed by atoms with E-state index in [9.17, 15) is 8.42 Å². The quantitative estimate of drug-likeness (QED) is 0.576. The van der Waals surface area contributed by atoms with Crippen LogP contribution < -0.4 is 9.86 Å². The monoisotopic (exact) mass is 152 g/mol. The van der Waals surface area contributed by atoms with E-state index in [2.05, 4.69) is 9.86 Å². The second-order valence-corrected chi connectivity index (χ2v) is 3.30. The highest BCUT2D eigenvalue weighted by Gasteiger charge is 2.04. The summed E-state index contributed by atoms with van der Waals surface area (Å²) >= 11 is 0. The molecule has 0 spiro atoms. The second kappa shape index (κ2) is 3.14. The van der Waals surface area contributed by atoms with E-state index in [4.69, 9.17) is 0 Å². The first kappa shape index (κ1) is 8.87. The minimum atomic E-state index is -3.49. The van der Waals surface area contributed by atoms with Crippen LogP contribution in [0.5, 0.6) is 0 Å². The van der Waals surface area contributed by atoms with E-state index < -0.39 is 10.2 Å². The van der Waals surface area contributed by atoms with Crippen molar-refractivity contribution in [1.29, 1.82) is 0 Å². The Morgan fingerprint density at radius 2 is 2.11 bits per heavy atom. The highest BCUT2D eigenvalue weighted by Crippen LogP contribution is 1.87. The van der Waals surface area contributed by atoms with Crippen LogP contribution in [-0.2, 0) is 10.2 Å². The summed E-state index contributed by atoms with van der Waals surface area (Å²) in [7, 11) is -3.49. The topological polar surface area (TPSA) is 72.2 Å². The zero-order valence-corrected chi connectivity index (χ0v) is 6.40. The zero-order chi connectivity index (χ0) is 7.49. The summed E-state index contributed by atoms with van der Waals surface area (Å²) in [4.78, 5) is 0. The van der Waals surface area contributed by atoms with Crippen LogP contribution in [0.4, 0.5) is 0 Å². The molecule has 0 bridgehead atoms. The Balaban J connectivity index is 3.75. The molecular formula is C4H12N2O2S. The van der Waals surface area contributed by atoms with Gasteiger partial charge in [0.15, 0.2) is 0 Å². The molecule has 0 rings (SSSR count). The molecule has 3 N–H and O–H groups in total. The number of nitrogens with two attached hydrogens (primary N) is 1. The van der Waals surface area contributed by atoms with Crippen molar-refractivity contribution in [3.8, 4) is 0 Å². The highest BCUT2D eigenvalue weighted by atomic mass is 32.2. The number of hydrogen-bond donors (Lipinski definition) is 2. The molecule has 0 aromatic heterocycles. The van der Waals surface area contributed by atoms with Crippen molar-refractivity contribution in [2.75, 3.05) is 0 Å². The van der Waals surface area contributed by atoms with Crippen molar-refractivity contribution in [2.24, 2.45) is 5.14 Å². The van der Waals surface area contributed by atoms with Crippen LogP contribution in [0.25, 0.3) is 0 Å². The van der Waals surface area contributed by atoms with E-state index in [1.165, 1.54) is 0 Å². The Kier molecular flexibility index (Phi) is 3.10. The molecule has 4 nitrogen and oxygen atoms in total. The molecule has 0 amide bonds. The molecule has 0 aliphatic heterocycles. The van der Waals surface area contributed by atoms with Gasteiger partial charge in [-0.3, -0.25) is 0 Å². The van der Waals surface area contributed by atoms with E-state index in [1.807, 2.05) is 6.92 Å². The Hall–Kier alpha value is -0.130. The molecule has 5 heteroatoms. The fraction of sp³-hybridized carbons (Fsp3) is 1.00. The first-order valence-electron chi connectivity index (χ1n) is 2.75. The molecule has 0 aliphatic carbocycles. The minimum Gasteiger partial charge on any atom is -0.216 e. The van der Waals surface area contributed by atoms with Gasteiger partial charge in [-0.15, -0.1) is 0 Å². The van der Waals surface area contributed by atoms with E-state index in [-0.39, 0.29) is 6.04 Å². The summed E-state index contributed by atoms with van der Waals surface area (Å²) in [6.07, 6.45) is 0.746. The summed E-state index contributed by atoms with van der Waals surface area (Å²) < 4.78 is 22.8. The third kappa shape index (κ3) is 5.75. The highest BCUT2D eigenvalue weighted by molar-refractivity contribution is 7.87. The van der Waals surface area contributed by atoms with E-state index in [1.54, 1.807) is 6.92 Å². The molecule has 0 heterocycles. The van der Waals surface area contributed by atoms with Crippen molar-refractivity contribution in [3.63, 3.8) is 0 Å². The summed E-state index contributed by atoms with van der Waals surface area (Å²) in [6, 6.07) is -0.0694. The maximum absolute atomic E-state index is 10.3. The Labute approximate surface area is 55.6 Å². The van der Waals surface area contributed by atoms with E-state index in [0.717, 1.165) is 6.42 Å². The average Bonchev–Trinajstić information content (AvgIpc) is 1.62. The standard InChI is InChI=1S/C4H12N2O2S/c1-3-4(2)6-9(5,7)8/h4,6H,3H2,1-2H3,(H2,5,7,8). The Bertz CT molecular complexity index is 163. The molecule has 9 heavy (non-hydrogen) atoms. The summed E-state index contributed by atoms with van der Waals surface area (Å²) in [6.45, 7) is 3.63. The van der Waals surface area contributed by atoms with Gasteiger partial charge in [-0.2, -0.15) is 13.1 Å². The minimum absolute atomic E-state index is 0.0694. The molecule has 1 atom stereocenters. The van der Waals surface area contributed by atoms with Crippen molar-refractivity contribution in [3.05, 3.63) is 0 Å². The number of rotatable bonds is 3. The summed E-state index contributed by atoms with van der Waals surface area (Å²) in [5, 5.41) is 4.67. The predicted molar refractivity (Wildman–Crippen MR) is 36.0 cm³/mol. The zero-order valence-electron chi connectivity index (χ0n) is 5.59. The first-order valence-corrected chi connectivity index (χ1v) is 4.30. The van der Waals surface area contributed by atoms with Crippen molar-refractivity contribution in [2.45, 2.75) is 26.3 Å². The van der Waals surface area contributed by atoms with Crippen LogP contribution in [0.3, 0.4) is 0 Å². The SMILES string of the molecule is CCC(C)NS(N)(=O)=O. The maximum Gasteiger partial charge on any atom is 0.274 e. The molecule has 0 aromatic rings. The molecule has 1 unspecified atom stereocenters. The van der Waals surface area contributed by atoms with Gasteiger partial charge < -0.3 is 0 Å². The van der Waals surface area contributed by atoms with E-state index in [0.29, 0.717) is 0 Å². The predicted octanol–water partition coefficient (Wildman–Crippen LogP) is -0.422. The number of nitrogens with one attached hydrogen (secondary N) is 1. The van der Waals surface area contributed by atoms with Crippen LogP contribution in [0.1, 0.15) is 20.3 Å². The van der Waals surface area contributed by atoms with Gasteiger partial charge in [0.1, 0.15) is 0 Å². The van der Waals surface area contributed by atoms with Gasteiger partial charge in [0, 0.05) is 6.04 Å². The molecule has 56 valence electrons. The van der Waals surface area contributed by atoms with Gasteiger partial charge in [-0.25, -0.2) is 5.14 Å². The molecule has 0 fully saturated rings. The second-order valence-electron chi connectivity index (χ2n) is 1.97. The number of hydrogen-bond acceptors (Lipinski definition) is 2. The third-order valence-corrected chi connectivity index (χ3v) is 1.71. The van der Waals surface area contributed by atoms with Gasteiger partial charge >= 0.3 is 0 Å². The van der Waals surface area contributed by atoms with E-state index >= 15 is 0 Å². The van der Waals surface area contributed by atoms with Gasteiger partial charge in [0.05, 0.1) is 0 Å². The van der Waals surface area contributed by atoms with Crippen LogP contribution in [0.15, 0.2) is 0 Å². The fourth-order valence-electron chi connectivity index (χ4n) is 0.364. The van der Waals surface area contributed by atoms with Crippen molar-refractivity contribution >= 4 is 10.2 Å². The van der Waals surface area contributed by atoms with Crippen LogP contribution in [0.2, 0.25) is 0 Å². The molecule has 0 saturated heterocycles. The Morgan fingerprint density at radius 1 is 1.67 bits per heavy atom. The van der Waals surface area contributed by atoms with Crippen LogP contribution >= 0.6 is 0 Å². The molecule has 0 aliphatic rings. The van der Waals surface area contributed by atoms with Crippen LogP contribution in [-0.4, -0.2) is 14.5 Å². The molecule has 0 saturated carbocycles. The lowest BCUT2D eigenvalue weighted by molar-refractivity contribution is 0.557. The van der Waals surface area contributed by atoms with Gasteiger partial charge in [0.2, 0.25) is 0 Å². The van der Waals surface area contributed by atoms with Crippen molar-refractivity contribution < 1.29 is 8.42 Å². The van der Waals surface area contributed by atoms with Gasteiger partial charge in [-0.05, 0) is 13.3 Å². The first-order chi connectivity index (χ1) is 3.95. The lowest BCUT2D eigenvalue weighted by atomic mass is 10.3. The summed E-state index contributed by atoms with van der Waals surface area (Å²) in [5.41, 5.74) is 0. The Morgan fingerprint density at radius 3 is 2.22 bits per heavy atom. The smallest absolute Gasteiger partial charge is 0.216 e. The molecular weight excluding hydrogens is 140 g/mol. The average molecular weight is 152 g/mol.